The highest BCUT2D eigenvalue weighted by Crippen LogP contribution is 2.47. The van der Waals surface area contributed by atoms with E-state index in [1.165, 1.54) is 32.5 Å². The van der Waals surface area contributed by atoms with Gasteiger partial charge in [-0.25, -0.2) is 14.2 Å². The normalized spacial score (nSPS) is 17.4. The predicted molar refractivity (Wildman–Crippen MR) is 164 cm³/mol. The number of carbonyl (C=O) groups excluding carboxylic acids is 2. The van der Waals surface area contributed by atoms with Crippen LogP contribution >= 0.6 is 11.6 Å². The van der Waals surface area contributed by atoms with Crippen LogP contribution in [0.3, 0.4) is 0 Å². The summed E-state index contributed by atoms with van der Waals surface area (Å²) in [6.07, 6.45) is 3.56. The zero-order valence-electron chi connectivity index (χ0n) is 24.4. The minimum atomic E-state index is -1.38. The number of methoxy groups -OCH3 is 2. The number of amides is 2. The number of primary amides is 1. The Labute approximate surface area is 261 Å². The summed E-state index contributed by atoms with van der Waals surface area (Å²) < 4.78 is 27.0. The third-order valence-corrected chi connectivity index (χ3v) is 8.92. The Hall–Kier alpha value is -4.65. The summed E-state index contributed by atoms with van der Waals surface area (Å²) in [6, 6.07) is 10.6. The van der Waals surface area contributed by atoms with E-state index < -0.39 is 40.5 Å². The van der Waals surface area contributed by atoms with E-state index in [0.29, 0.717) is 24.2 Å². The van der Waals surface area contributed by atoms with Crippen LogP contribution in [-0.2, 0) is 37.3 Å². The van der Waals surface area contributed by atoms with Gasteiger partial charge in [0, 0.05) is 37.7 Å². The van der Waals surface area contributed by atoms with Crippen LogP contribution in [0.2, 0.25) is 5.02 Å². The van der Waals surface area contributed by atoms with Crippen molar-refractivity contribution in [1.82, 2.24) is 14.1 Å². The molecule has 0 fully saturated rings. The van der Waals surface area contributed by atoms with Crippen molar-refractivity contribution < 1.29 is 23.5 Å². The Balaban J connectivity index is 1.52. The van der Waals surface area contributed by atoms with Gasteiger partial charge >= 0.3 is 5.69 Å². The number of hydrogen-bond donors (Lipinski definition) is 2. The number of nitrogens with zero attached hydrogens (tertiary/aromatic N) is 3. The summed E-state index contributed by atoms with van der Waals surface area (Å²) in [5.74, 6) is -1.29. The molecule has 1 aliphatic carbocycles. The monoisotopic (exact) mass is 633 g/mol. The summed E-state index contributed by atoms with van der Waals surface area (Å²) in [4.78, 5) is 58.6. The molecule has 6 rings (SSSR count). The molecule has 3 heterocycles. The Bertz CT molecular complexity index is 1970. The van der Waals surface area contributed by atoms with Crippen LogP contribution in [-0.4, -0.2) is 53.4 Å². The molecule has 2 amide bonds. The van der Waals surface area contributed by atoms with Crippen LogP contribution < -0.4 is 22.3 Å². The first-order valence-electron chi connectivity index (χ1n) is 14.1. The molecule has 3 N–H and O–H groups in total. The standard InChI is InChI=1S/C32H29ClFN5O6/c1-44-15-20(16-45-2)39-29(41)22(21-5-3-7-24(34)25(21)33)14-38(31(39)43)26(27(35)40)17-8-9-18-12-32(13-19(18)11-17)23-6-4-10-36-28(23)37-30(32)42/h3-11,14,20,26H,12-13,15-16H2,1-2H3,(H2,35,40)(H,36,37,42)/t26?,32-/m1/s1. The molecule has 0 saturated carbocycles. The number of nitrogens with two attached hydrogens (primary N) is 1. The smallest absolute Gasteiger partial charge is 0.332 e. The maximum Gasteiger partial charge on any atom is 0.332 e. The molecule has 2 aromatic heterocycles. The number of fused-ring (bicyclic) bond motifs is 3. The molecule has 4 aromatic rings. The van der Waals surface area contributed by atoms with Crippen molar-refractivity contribution in [3.63, 3.8) is 0 Å². The molecular formula is C32H29ClFN5O6. The molecule has 11 nitrogen and oxygen atoms in total. The molecule has 1 aliphatic heterocycles. The lowest BCUT2D eigenvalue weighted by Crippen LogP contribution is -2.47. The van der Waals surface area contributed by atoms with Crippen molar-refractivity contribution in [1.29, 1.82) is 0 Å². The van der Waals surface area contributed by atoms with Crippen LogP contribution in [0.4, 0.5) is 10.2 Å². The lowest BCUT2D eigenvalue weighted by atomic mass is 9.79. The van der Waals surface area contributed by atoms with Gasteiger partial charge in [0.2, 0.25) is 11.8 Å². The topological polar surface area (TPSA) is 148 Å². The van der Waals surface area contributed by atoms with E-state index in [0.717, 1.165) is 31.9 Å². The van der Waals surface area contributed by atoms with Gasteiger partial charge in [-0.05, 0) is 41.7 Å². The lowest BCUT2D eigenvalue weighted by molar-refractivity contribution is -0.121. The number of anilines is 1. The van der Waals surface area contributed by atoms with Crippen molar-refractivity contribution in [2.24, 2.45) is 5.73 Å². The second-order valence-corrected chi connectivity index (χ2v) is 11.6. The third-order valence-electron chi connectivity index (χ3n) is 8.54. The van der Waals surface area contributed by atoms with E-state index >= 15 is 0 Å². The molecule has 13 heteroatoms. The maximum atomic E-state index is 14.5. The first kappa shape index (κ1) is 30.4. The van der Waals surface area contributed by atoms with Gasteiger partial charge in [-0.3, -0.25) is 23.5 Å². The molecular weight excluding hydrogens is 605 g/mol. The summed E-state index contributed by atoms with van der Waals surface area (Å²) >= 11 is 6.29. The van der Waals surface area contributed by atoms with Crippen molar-refractivity contribution in [3.05, 3.63) is 115 Å². The minimum Gasteiger partial charge on any atom is -0.382 e. The van der Waals surface area contributed by atoms with Crippen LogP contribution in [0.15, 0.2) is 70.5 Å². The van der Waals surface area contributed by atoms with Crippen molar-refractivity contribution in [2.45, 2.75) is 30.3 Å². The molecule has 0 bridgehead atoms. The average molecular weight is 634 g/mol. The highest BCUT2D eigenvalue weighted by molar-refractivity contribution is 6.33. The number of halogens is 2. The molecule has 232 valence electrons. The number of nitrogens with one attached hydrogen (secondary N) is 1. The summed E-state index contributed by atoms with van der Waals surface area (Å²) in [5, 5.41) is 2.54. The fourth-order valence-corrected chi connectivity index (χ4v) is 6.72. The van der Waals surface area contributed by atoms with Crippen molar-refractivity contribution in [3.8, 4) is 11.1 Å². The van der Waals surface area contributed by atoms with Gasteiger partial charge in [-0.2, -0.15) is 0 Å². The molecule has 1 spiro atoms. The lowest BCUT2D eigenvalue weighted by Gasteiger charge is -2.24. The van der Waals surface area contributed by atoms with E-state index in [2.05, 4.69) is 10.3 Å². The largest absolute Gasteiger partial charge is 0.382 e. The number of hydrogen-bond acceptors (Lipinski definition) is 7. The SMILES string of the molecule is COCC(COC)n1c(=O)c(-c2cccc(F)c2Cl)cn(C(C(N)=O)c2ccc3c(c2)C[C@@]2(C3)C(=O)Nc3ncccc32)c1=O. The number of aromatic nitrogens is 3. The molecule has 2 atom stereocenters. The van der Waals surface area contributed by atoms with Gasteiger partial charge in [-0.15, -0.1) is 0 Å². The summed E-state index contributed by atoms with van der Waals surface area (Å²) in [5.41, 5.74) is 6.21. The van der Waals surface area contributed by atoms with Gasteiger partial charge in [0.1, 0.15) is 17.7 Å². The van der Waals surface area contributed by atoms with Crippen LogP contribution in [0, 0.1) is 5.82 Å². The zero-order chi connectivity index (χ0) is 32.0. The zero-order valence-corrected chi connectivity index (χ0v) is 25.1. The average Bonchev–Trinajstić information content (AvgIpc) is 3.52. The Kier molecular flexibility index (Phi) is 7.89. The van der Waals surface area contributed by atoms with E-state index in [1.54, 1.807) is 30.5 Å². The molecule has 1 unspecified atom stereocenters. The van der Waals surface area contributed by atoms with Crippen LogP contribution in [0.25, 0.3) is 11.1 Å². The first-order valence-corrected chi connectivity index (χ1v) is 14.5. The second kappa shape index (κ2) is 11.7. The number of rotatable bonds is 9. The molecule has 0 radical (unpaired) electrons. The fraction of sp³-hybridized carbons (Fsp3) is 0.281. The second-order valence-electron chi connectivity index (χ2n) is 11.2. The Morgan fingerprint density at radius 2 is 1.80 bits per heavy atom. The number of ether oxygens (including phenoxy) is 2. The summed E-state index contributed by atoms with van der Waals surface area (Å²) in [7, 11) is 2.81. The van der Waals surface area contributed by atoms with Gasteiger partial charge in [0.05, 0.1) is 35.3 Å². The van der Waals surface area contributed by atoms with E-state index in [4.69, 9.17) is 26.8 Å². The van der Waals surface area contributed by atoms with Gasteiger partial charge < -0.3 is 20.5 Å². The van der Waals surface area contributed by atoms with E-state index in [1.807, 2.05) is 6.07 Å². The van der Waals surface area contributed by atoms with Gasteiger partial charge in [-0.1, -0.05) is 48.0 Å². The van der Waals surface area contributed by atoms with Crippen LogP contribution in [0.1, 0.15) is 34.3 Å². The van der Waals surface area contributed by atoms with Gasteiger partial charge in [0.25, 0.3) is 5.56 Å². The fourth-order valence-electron chi connectivity index (χ4n) is 6.50. The number of pyridine rings is 1. The summed E-state index contributed by atoms with van der Waals surface area (Å²) in [6.45, 7) is -0.159. The Morgan fingerprint density at radius 3 is 2.51 bits per heavy atom. The van der Waals surface area contributed by atoms with Crippen molar-refractivity contribution in [2.75, 3.05) is 32.8 Å². The first-order chi connectivity index (χ1) is 21.6. The van der Waals surface area contributed by atoms with Crippen LogP contribution in [0.5, 0.6) is 0 Å². The van der Waals surface area contributed by atoms with Gasteiger partial charge in [0.15, 0.2) is 0 Å². The molecule has 2 aliphatic rings. The molecule has 0 saturated heterocycles. The number of benzene rings is 2. The minimum absolute atomic E-state index is 0.0244. The maximum absolute atomic E-state index is 14.5. The molecule has 45 heavy (non-hydrogen) atoms. The highest BCUT2D eigenvalue weighted by Gasteiger charge is 2.51. The number of carbonyl (C=O) groups is 2. The van der Waals surface area contributed by atoms with Crippen molar-refractivity contribution >= 4 is 29.2 Å². The van der Waals surface area contributed by atoms with E-state index in [-0.39, 0.29) is 35.3 Å². The highest BCUT2D eigenvalue weighted by atomic mass is 35.5. The molecule has 2 aromatic carbocycles. The van der Waals surface area contributed by atoms with E-state index in [9.17, 15) is 23.6 Å². The predicted octanol–water partition coefficient (Wildman–Crippen LogP) is 2.76. The third kappa shape index (κ3) is 4.95. The Morgan fingerprint density at radius 1 is 1.07 bits per heavy atom. The quantitative estimate of drug-likeness (QED) is 0.288.